The highest BCUT2D eigenvalue weighted by Crippen LogP contribution is 2.31. The number of anilines is 1. The molecule has 0 bridgehead atoms. The van der Waals surface area contributed by atoms with E-state index in [1.165, 1.54) is 55.6 Å². The van der Waals surface area contributed by atoms with Gasteiger partial charge in [0.1, 0.15) is 18.1 Å². The second-order valence-corrected chi connectivity index (χ2v) is 9.25. The first kappa shape index (κ1) is 24.5. The highest BCUT2D eigenvalue weighted by atomic mass is 35.5. The normalized spacial score (nSPS) is 11.4. The third-order valence-corrected chi connectivity index (χ3v) is 6.84. The lowest BCUT2D eigenvalue weighted by molar-refractivity contribution is -0.119. The number of benzene rings is 3. The molecule has 1 N–H and O–H groups in total. The highest BCUT2D eigenvalue weighted by Gasteiger charge is 2.27. The number of ether oxygens (including phenoxy) is 1. The van der Waals surface area contributed by atoms with E-state index >= 15 is 0 Å². The van der Waals surface area contributed by atoms with Crippen LogP contribution in [-0.2, 0) is 14.8 Å². The zero-order chi connectivity index (χ0) is 24.0. The van der Waals surface area contributed by atoms with Crippen LogP contribution in [0.5, 0.6) is 5.75 Å². The van der Waals surface area contributed by atoms with Crippen molar-refractivity contribution in [2.45, 2.75) is 4.90 Å². The number of carbonyl (C=O) groups excluding carboxylic acids is 1. The summed E-state index contributed by atoms with van der Waals surface area (Å²) in [6.45, 7) is -0.623. The second kappa shape index (κ2) is 10.7. The number of sulfonamides is 1. The summed E-state index contributed by atoms with van der Waals surface area (Å²) >= 11 is 12.1. The Morgan fingerprint density at radius 3 is 2.45 bits per heavy atom. The van der Waals surface area contributed by atoms with Gasteiger partial charge in [-0.25, -0.2) is 18.2 Å². The molecule has 0 aromatic heterocycles. The van der Waals surface area contributed by atoms with Crippen LogP contribution in [0.4, 0.5) is 10.1 Å². The molecule has 0 aliphatic carbocycles. The molecule has 3 rings (SSSR count). The number of halogens is 3. The second-order valence-electron chi connectivity index (χ2n) is 6.57. The number of hydrazone groups is 1. The summed E-state index contributed by atoms with van der Waals surface area (Å²) in [5.41, 5.74) is 2.31. The minimum Gasteiger partial charge on any atom is -0.495 e. The van der Waals surface area contributed by atoms with E-state index in [0.29, 0.717) is 5.75 Å². The number of amides is 1. The predicted octanol–water partition coefficient (Wildman–Crippen LogP) is 4.49. The third kappa shape index (κ3) is 5.81. The van der Waals surface area contributed by atoms with Gasteiger partial charge in [0.25, 0.3) is 15.9 Å². The van der Waals surface area contributed by atoms with E-state index in [4.69, 9.17) is 27.9 Å². The van der Waals surface area contributed by atoms with Crippen LogP contribution in [-0.4, -0.2) is 34.2 Å². The first-order valence-electron chi connectivity index (χ1n) is 9.41. The van der Waals surface area contributed by atoms with Crippen LogP contribution in [0.15, 0.2) is 76.7 Å². The summed E-state index contributed by atoms with van der Waals surface area (Å²) in [6, 6.07) is 16.0. The maximum Gasteiger partial charge on any atom is 0.264 e. The van der Waals surface area contributed by atoms with Crippen LogP contribution in [0.2, 0.25) is 10.0 Å². The van der Waals surface area contributed by atoms with Gasteiger partial charge < -0.3 is 4.74 Å². The first-order valence-corrected chi connectivity index (χ1v) is 11.6. The van der Waals surface area contributed by atoms with E-state index in [0.717, 1.165) is 10.5 Å². The predicted molar refractivity (Wildman–Crippen MR) is 126 cm³/mol. The lowest BCUT2D eigenvalue weighted by atomic mass is 10.2. The molecule has 33 heavy (non-hydrogen) atoms. The molecule has 0 radical (unpaired) electrons. The number of carbonyl (C=O) groups is 1. The number of rotatable bonds is 8. The minimum atomic E-state index is -4.14. The fourth-order valence-corrected chi connectivity index (χ4v) is 4.71. The number of methoxy groups -OCH3 is 1. The molecular formula is C22H18Cl2FN3O4S. The van der Waals surface area contributed by atoms with Crippen LogP contribution in [0, 0.1) is 5.82 Å². The lowest BCUT2D eigenvalue weighted by Crippen LogP contribution is -2.39. The molecule has 0 atom stereocenters. The van der Waals surface area contributed by atoms with Crippen LogP contribution in [0.1, 0.15) is 5.56 Å². The fourth-order valence-electron chi connectivity index (χ4n) is 2.81. The SMILES string of the molecule is COc1ccc(N(CC(=O)N/N=C\c2c(F)cccc2Cl)S(=O)(=O)c2ccccc2)cc1Cl. The number of nitrogens with one attached hydrogen (secondary N) is 1. The molecule has 0 aliphatic heterocycles. The Morgan fingerprint density at radius 2 is 1.82 bits per heavy atom. The third-order valence-electron chi connectivity index (χ3n) is 4.42. The van der Waals surface area contributed by atoms with Gasteiger partial charge in [0, 0.05) is 5.56 Å². The Bertz CT molecular complexity index is 1270. The Balaban J connectivity index is 1.89. The Kier molecular flexibility index (Phi) is 7.91. The van der Waals surface area contributed by atoms with E-state index in [-0.39, 0.29) is 26.2 Å². The van der Waals surface area contributed by atoms with Gasteiger partial charge in [-0.1, -0.05) is 47.5 Å². The van der Waals surface area contributed by atoms with E-state index in [1.807, 2.05) is 0 Å². The van der Waals surface area contributed by atoms with Crippen molar-refractivity contribution in [3.05, 3.63) is 88.2 Å². The number of nitrogens with zero attached hydrogens (tertiary/aromatic N) is 2. The van der Waals surface area contributed by atoms with Crippen molar-refractivity contribution in [1.82, 2.24) is 5.43 Å². The topological polar surface area (TPSA) is 88.1 Å². The molecule has 11 heteroatoms. The highest BCUT2D eigenvalue weighted by molar-refractivity contribution is 7.92. The summed E-state index contributed by atoms with van der Waals surface area (Å²) in [4.78, 5) is 12.5. The molecule has 7 nitrogen and oxygen atoms in total. The van der Waals surface area contributed by atoms with Gasteiger partial charge in [-0.05, 0) is 42.5 Å². The minimum absolute atomic E-state index is 0.0184. The van der Waals surface area contributed by atoms with Gasteiger partial charge in [-0.2, -0.15) is 5.10 Å². The molecule has 0 heterocycles. The van der Waals surface area contributed by atoms with Crippen molar-refractivity contribution in [2.75, 3.05) is 18.0 Å². The molecular weight excluding hydrogens is 492 g/mol. The summed E-state index contributed by atoms with van der Waals surface area (Å²) in [6.07, 6.45) is 1.04. The monoisotopic (exact) mass is 509 g/mol. The molecule has 0 fully saturated rings. The van der Waals surface area contributed by atoms with Gasteiger partial charge in [0.05, 0.1) is 34.0 Å². The number of hydrogen-bond donors (Lipinski definition) is 1. The van der Waals surface area contributed by atoms with Crippen molar-refractivity contribution in [3.63, 3.8) is 0 Å². The van der Waals surface area contributed by atoms with Crippen molar-refractivity contribution in [2.24, 2.45) is 5.10 Å². The zero-order valence-corrected chi connectivity index (χ0v) is 19.5. The van der Waals surface area contributed by atoms with Gasteiger partial charge in [-0.3, -0.25) is 9.10 Å². The van der Waals surface area contributed by atoms with E-state index in [2.05, 4.69) is 10.5 Å². The average molecular weight is 510 g/mol. The molecule has 0 aliphatic rings. The smallest absolute Gasteiger partial charge is 0.264 e. The quantitative estimate of drug-likeness (QED) is 0.358. The largest absolute Gasteiger partial charge is 0.495 e. The van der Waals surface area contributed by atoms with E-state index < -0.39 is 28.3 Å². The van der Waals surface area contributed by atoms with Crippen LogP contribution in [0.3, 0.4) is 0 Å². The number of hydrogen-bond acceptors (Lipinski definition) is 5. The fraction of sp³-hybridized carbons (Fsp3) is 0.0909. The summed E-state index contributed by atoms with van der Waals surface area (Å²) in [5.74, 6) is -1.06. The van der Waals surface area contributed by atoms with Gasteiger partial charge in [0.2, 0.25) is 0 Å². The molecule has 3 aromatic rings. The maximum absolute atomic E-state index is 13.9. The Morgan fingerprint density at radius 1 is 1.09 bits per heavy atom. The van der Waals surface area contributed by atoms with Crippen molar-refractivity contribution in [3.8, 4) is 5.75 Å². The summed E-state index contributed by atoms with van der Waals surface area (Å²) in [7, 11) is -2.71. The van der Waals surface area contributed by atoms with E-state index in [9.17, 15) is 17.6 Å². The molecule has 0 unspecified atom stereocenters. The molecule has 172 valence electrons. The first-order chi connectivity index (χ1) is 15.7. The zero-order valence-electron chi connectivity index (χ0n) is 17.2. The Labute approximate surface area is 200 Å². The van der Waals surface area contributed by atoms with E-state index in [1.54, 1.807) is 18.2 Å². The molecule has 1 amide bonds. The van der Waals surface area contributed by atoms with Gasteiger partial charge in [-0.15, -0.1) is 0 Å². The van der Waals surface area contributed by atoms with Crippen molar-refractivity contribution in [1.29, 1.82) is 0 Å². The van der Waals surface area contributed by atoms with Crippen LogP contribution >= 0.6 is 23.2 Å². The van der Waals surface area contributed by atoms with Gasteiger partial charge >= 0.3 is 0 Å². The lowest BCUT2D eigenvalue weighted by Gasteiger charge is -2.24. The Hall–Kier alpha value is -3.14. The van der Waals surface area contributed by atoms with Crippen molar-refractivity contribution >= 4 is 51.0 Å². The molecule has 0 saturated heterocycles. The molecule has 0 spiro atoms. The molecule has 0 saturated carbocycles. The summed E-state index contributed by atoms with van der Waals surface area (Å²) in [5, 5.41) is 3.96. The van der Waals surface area contributed by atoms with Crippen LogP contribution in [0.25, 0.3) is 0 Å². The average Bonchev–Trinajstić information content (AvgIpc) is 2.80. The van der Waals surface area contributed by atoms with Crippen LogP contribution < -0.4 is 14.5 Å². The maximum atomic E-state index is 13.9. The summed E-state index contributed by atoms with van der Waals surface area (Å²) < 4.78 is 46.4. The van der Waals surface area contributed by atoms with Gasteiger partial charge in [0.15, 0.2) is 0 Å². The van der Waals surface area contributed by atoms with Crippen molar-refractivity contribution < 1.29 is 22.3 Å². The molecule has 3 aromatic carbocycles. The standard InChI is InChI=1S/C22H18Cl2FN3O4S/c1-32-21-11-10-15(12-19(21)24)28(33(30,31)16-6-3-2-4-7-16)14-22(29)27-26-13-17-18(23)8-5-9-20(17)25/h2-13H,14H2,1H3,(H,27,29)/b26-13-.